The molecule has 4 heteroatoms. The summed E-state index contributed by atoms with van der Waals surface area (Å²) in [5.74, 6) is 0.0302. The molecule has 1 heterocycles. The Labute approximate surface area is 173 Å². The van der Waals surface area contributed by atoms with E-state index in [1.54, 1.807) is 6.08 Å². The average Bonchev–Trinajstić information content (AvgIpc) is 2.66. The van der Waals surface area contributed by atoms with Gasteiger partial charge >= 0.3 is 0 Å². The Morgan fingerprint density at radius 2 is 1.97 bits per heavy atom. The van der Waals surface area contributed by atoms with Crippen molar-refractivity contribution in [2.24, 2.45) is 0 Å². The number of nitrogens with zero attached hydrogens (tertiary/aromatic N) is 2. The predicted octanol–water partition coefficient (Wildman–Crippen LogP) is 5.57. The number of nitrogens with one attached hydrogen (secondary N) is 1. The molecule has 1 atom stereocenters. The molecule has 2 aromatic carbocycles. The van der Waals surface area contributed by atoms with Gasteiger partial charge in [0.1, 0.15) is 11.6 Å². The topological polar surface area (TPSA) is 56.1 Å². The molecule has 4 nitrogen and oxygen atoms in total. The Kier molecular flexibility index (Phi) is 5.53. The first kappa shape index (κ1) is 20.7. The molecule has 0 bridgehead atoms. The average molecular weight is 388 g/mol. The Bertz CT molecular complexity index is 1030. The van der Waals surface area contributed by atoms with Crippen LogP contribution in [0.2, 0.25) is 0 Å². The van der Waals surface area contributed by atoms with E-state index in [4.69, 9.17) is 0 Å². The van der Waals surface area contributed by atoms with Crippen molar-refractivity contribution >= 4 is 23.4 Å². The summed E-state index contributed by atoms with van der Waals surface area (Å²) in [4.78, 5) is 15.0. The minimum Gasteiger partial charge on any atom is -0.369 e. The first-order valence-electron chi connectivity index (χ1n) is 10.0. The molecule has 0 aromatic heterocycles. The van der Waals surface area contributed by atoms with Gasteiger partial charge in [0.2, 0.25) is 0 Å². The number of anilines is 2. The SMILES string of the molecule is Cc1ccc(NC(=O)/C(C#N)=C/c2ccc3c(c2)C(C)CC(C)(C)N3C)c(C)c1. The zero-order valence-electron chi connectivity index (χ0n) is 18.1. The monoisotopic (exact) mass is 387 g/mol. The van der Waals surface area contributed by atoms with Crippen LogP contribution in [0.3, 0.4) is 0 Å². The molecule has 3 rings (SSSR count). The third kappa shape index (κ3) is 4.19. The summed E-state index contributed by atoms with van der Waals surface area (Å²) in [6.45, 7) is 10.7. The van der Waals surface area contributed by atoms with Crippen molar-refractivity contribution in [2.75, 3.05) is 17.3 Å². The summed E-state index contributed by atoms with van der Waals surface area (Å²) in [7, 11) is 2.12. The van der Waals surface area contributed by atoms with Crippen LogP contribution in [0, 0.1) is 25.2 Å². The molecule has 1 unspecified atom stereocenters. The normalized spacial score (nSPS) is 18.0. The minimum absolute atomic E-state index is 0.0991. The molecule has 0 aliphatic carbocycles. The molecule has 1 aliphatic heterocycles. The molecule has 1 N–H and O–H groups in total. The van der Waals surface area contributed by atoms with Gasteiger partial charge in [-0.1, -0.05) is 30.7 Å². The number of rotatable bonds is 3. The van der Waals surface area contributed by atoms with Crippen LogP contribution in [0.15, 0.2) is 42.0 Å². The maximum Gasteiger partial charge on any atom is 0.266 e. The standard InChI is InChI=1S/C25H29N3O/c1-16-7-9-22(17(2)11-16)27-24(29)20(15-26)12-19-8-10-23-21(13-19)18(3)14-25(4,5)28(23)6/h7-13,18H,14H2,1-6H3,(H,27,29)/b20-12+. The Balaban J connectivity index is 1.89. The number of hydrogen-bond acceptors (Lipinski definition) is 3. The molecule has 0 saturated carbocycles. The molecule has 1 amide bonds. The minimum atomic E-state index is -0.386. The zero-order chi connectivity index (χ0) is 21.3. The third-order valence-corrected chi connectivity index (χ3v) is 5.96. The van der Waals surface area contributed by atoms with Crippen LogP contribution in [-0.2, 0) is 4.79 Å². The summed E-state index contributed by atoms with van der Waals surface area (Å²) in [5, 5.41) is 12.4. The van der Waals surface area contributed by atoms with Gasteiger partial charge in [-0.2, -0.15) is 5.26 Å². The number of amides is 1. The number of benzene rings is 2. The Morgan fingerprint density at radius 1 is 1.24 bits per heavy atom. The molecular weight excluding hydrogens is 358 g/mol. The highest BCUT2D eigenvalue weighted by molar-refractivity contribution is 6.10. The van der Waals surface area contributed by atoms with Crippen molar-refractivity contribution in [3.8, 4) is 6.07 Å². The van der Waals surface area contributed by atoms with Crippen LogP contribution in [0.4, 0.5) is 11.4 Å². The fraction of sp³-hybridized carbons (Fsp3) is 0.360. The highest BCUT2D eigenvalue weighted by Crippen LogP contribution is 2.42. The van der Waals surface area contributed by atoms with Gasteiger partial charge in [-0.3, -0.25) is 4.79 Å². The smallest absolute Gasteiger partial charge is 0.266 e. The van der Waals surface area contributed by atoms with E-state index in [2.05, 4.69) is 56.2 Å². The molecule has 2 aromatic rings. The van der Waals surface area contributed by atoms with Gasteiger partial charge in [-0.05, 0) is 81.0 Å². The van der Waals surface area contributed by atoms with Crippen LogP contribution >= 0.6 is 0 Å². The molecule has 0 saturated heterocycles. The first-order chi connectivity index (χ1) is 13.6. The van der Waals surface area contributed by atoms with E-state index in [0.717, 1.165) is 28.8 Å². The van der Waals surface area contributed by atoms with E-state index in [0.29, 0.717) is 5.92 Å². The highest BCUT2D eigenvalue weighted by atomic mass is 16.1. The molecular formula is C25H29N3O. The largest absolute Gasteiger partial charge is 0.369 e. The molecule has 150 valence electrons. The summed E-state index contributed by atoms with van der Waals surface area (Å²) in [5.41, 5.74) is 6.38. The fourth-order valence-corrected chi connectivity index (χ4v) is 4.14. The number of fused-ring (bicyclic) bond motifs is 1. The van der Waals surface area contributed by atoms with Gasteiger partial charge in [0.25, 0.3) is 5.91 Å². The lowest BCUT2D eigenvalue weighted by Gasteiger charge is -2.45. The van der Waals surface area contributed by atoms with E-state index in [1.165, 1.54) is 11.3 Å². The van der Waals surface area contributed by atoms with Gasteiger partial charge in [-0.15, -0.1) is 0 Å². The van der Waals surface area contributed by atoms with Crippen molar-refractivity contribution in [3.05, 3.63) is 64.2 Å². The first-order valence-corrected chi connectivity index (χ1v) is 10.0. The van der Waals surface area contributed by atoms with Crippen LogP contribution in [-0.4, -0.2) is 18.5 Å². The van der Waals surface area contributed by atoms with Crippen LogP contribution in [0.5, 0.6) is 0 Å². The predicted molar refractivity (Wildman–Crippen MR) is 120 cm³/mol. The maximum absolute atomic E-state index is 12.7. The molecule has 1 aliphatic rings. The lowest BCUT2D eigenvalue weighted by molar-refractivity contribution is -0.112. The quantitative estimate of drug-likeness (QED) is 0.553. The van der Waals surface area contributed by atoms with E-state index in [9.17, 15) is 10.1 Å². The number of hydrogen-bond donors (Lipinski definition) is 1. The summed E-state index contributed by atoms with van der Waals surface area (Å²) in [6, 6.07) is 14.1. The zero-order valence-corrected chi connectivity index (χ0v) is 18.1. The van der Waals surface area contributed by atoms with Gasteiger partial charge in [0.05, 0.1) is 0 Å². The number of carbonyl (C=O) groups excluding carboxylic acids is 1. The molecule has 0 radical (unpaired) electrons. The second kappa shape index (κ2) is 7.75. The number of aryl methyl sites for hydroxylation is 2. The number of carbonyl (C=O) groups is 1. The number of nitriles is 1. The van der Waals surface area contributed by atoms with Gasteiger partial charge < -0.3 is 10.2 Å². The van der Waals surface area contributed by atoms with E-state index in [1.807, 2.05) is 38.1 Å². The van der Waals surface area contributed by atoms with Crippen molar-refractivity contribution < 1.29 is 4.79 Å². The summed E-state index contributed by atoms with van der Waals surface area (Å²) < 4.78 is 0. The van der Waals surface area contributed by atoms with Crippen molar-refractivity contribution in [1.29, 1.82) is 5.26 Å². The van der Waals surface area contributed by atoms with Crippen molar-refractivity contribution in [1.82, 2.24) is 0 Å². The van der Waals surface area contributed by atoms with E-state index < -0.39 is 0 Å². The molecule has 29 heavy (non-hydrogen) atoms. The highest BCUT2D eigenvalue weighted by Gasteiger charge is 2.33. The second-order valence-electron chi connectivity index (χ2n) is 8.74. The Morgan fingerprint density at radius 3 is 2.62 bits per heavy atom. The van der Waals surface area contributed by atoms with Gasteiger partial charge in [0.15, 0.2) is 0 Å². The third-order valence-electron chi connectivity index (χ3n) is 5.96. The van der Waals surface area contributed by atoms with Crippen molar-refractivity contribution in [2.45, 2.75) is 52.5 Å². The summed E-state index contributed by atoms with van der Waals surface area (Å²) in [6.07, 6.45) is 2.73. The maximum atomic E-state index is 12.7. The van der Waals surface area contributed by atoms with E-state index >= 15 is 0 Å². The van der Waals surface area contributed by atoms with E-state index in [-0.39, 0.29) is 17.0 Å². The van der Waals surface area contributed by atoms with Crippen LogP contribution in [0.25, 0.3) is 6.08 Å². The molecule has 0 spiro atoms. The van der Waals surface area contributed by atoms with Crippen molar-refractivity contribution in [3.63, 3.8) is 0 Å². The van der Waals surface area contributed by atoms with Gasteiger partial charge in [0, 0.05) is 24.0 Å². The second-order valence-corrected chi connectivity index (χ2v) is 8.74. The van der Waals surface area contributed by atoms with Crippen LogP contribution < -0.4 is 10.2 Å². The molecule has 0 fully saturated rings. The lowest BCUT2D eigenvalue weighted by Crippen LogP contribution is -2.45. The van der Waals surface area contributed by atoms with Crippen LogP contribution in [0.1, 0.15) is 55.4 Å². The Hall–Kier alpha value is -3.06. The fourth-order valence-electron chi connectivity index (χ4n) is 4.14. The lowest BCUT2D eigenvalue weighted by atomic mass is 9.80. The van der Waals surface area contributed by atoms with Gasteiger partial charge in [-0.25, -0.2) is 0 Å². The summed E-state index contributed by atoms with van der Waals surface area (Å²) >= 11 is 0.